The first-order valence-corrected chi connectivity index (χ1v) is 6.80. The highest BCUT2D eigenvalue weighted by molar-refractivity contribution is 5.42. The third kappa shape index (κ3) is 3.26. The number of ether oxygens (including phenoxy) is 1. The van der Waals surface area contributed by atoms with Gasteiger partial charge in [-0.3, -0.25) is 15.0 Å². The minimum absolute atomic E-state index is 0.0709. The van der Waals surface area contributed by atoms with Gasteiger partial charge in [-0.25, -0.2) is 0 Å². The number of non-ortho nitro benzene ring substituents is 1. The van der Waals surface area contributed by atoms with Gasteiger partial charge in [-0.05, 0) is 37.4 Å². The quantitative estimate of drug-likeness (QED) is 0.656. The molecule has 0 radical (unpaired) electrons. The second-order valence-electron chi connectivity index (χ2n) is 5.41. The van der Waals surface area contributed by atoms with Crippen molar-refractivity contribution in [1.29, 1.82) is 0 Å². The smallest absolute Gasteiger partial charge is 0.273 e. The molecule has 0 bridgehead atoms. The average Bonchev–Trinajstić information content (AvgIpc) is 2.79. The van der Waals surface area contributed by atoms with E-state index in [2.05, 4.69) is 11.8 Å². The maximum absolute atomic E-state index is 10.9. The number of nitrogens with zero attached hydrogens (tertiary/aromatic N) is 2. The van der Waals surface area contributed by atoms with Gasteiger partial charge in [0.05, 0.1) is 18.1 Å². The van der Waals surface area contributed by atoms with E-state index < -0.39 is 0 Å². The predicted molar refractivity (Wildman–Crippen MR) is 76.7 cm³/mol. The van der Waals surface area contributed by atoms with E-state index in [1.54, 1.807) is 6.07 Å². The molecule has 1 aliphatic rings. The van der Waals surface area contributed by atoms with E-state index in [-0.39, 0.29) is 10.6 Å². The zero-order valence-electron chi connectivity index (χ0n) is 11.9. The lowest BCUT2D eigenvalue weighted by atomic mass is 10.1. The van der Waals surface area contributed by atoms with Gasteiger partial charge in [-0.2, -0.15) is 0 Å². The van der Waals surface area contributed by atoms with E-state index in [0.29, 0.717) is 30.8 Å². The molecule has 6 heteroatoms. The summed E-state index contributed by atoms with van der Waals surface area (Å²) >= 11 is 0. The topological polar surface area (TPSA) is 81.6 Å². The van der Waals surface area contributed by atoms with Crippen molar-refractivity contribution in [3.8, 4) is 5.75 Å². The van der Waals surface area contributed by atoms with Crippen molar-refractivity contribution < 1.29 is 9.66 Å². The van der Waals surface area contributed by atoms with Gasteiger partial charge in [0.2, 0.25) is 0 Å². The SMILES string of the molecule is COc1cc(CN2CC(CN)CC2C)cc([N+](=O)[O-])c1. The molecule has 2 atom stereocenters. The largest absolute Gasteiger partial charge is 0.496 e. The minimum Gasteiger partial charge on any atom is -0.496 e. The summed E-state index contributed by atoms with van der Waals surface area (Å²) in [5, 5.41) is 10.9. The standard InChI is InChI=1S/C14H21N3O3/c1-10-3-12(7-15)9-16(10)8-11-4-13(17(18)19)6-14(5-11)20-2/h4-6,10,12H,3,7-9,15H2,1-2H3. The van der Waals surface area contributed by atoms with Gasteiger partial charge in [0.1, 0.15) is 5.75 Å². The Balaban J connectivity index is 2.16. The maximum Gasteiger partial charge on any atom is 0.273 e. The van der Waals surface area contributed by atoms with Crippen LogP contribution in [0, 0.1) is 16.0 Å². The highest BCUT2D eigenvalue weighted by Crippen LogP contribution is 2.27. The lowest BCUT2D eigenvalue weighted by Crippen LogP contribution is -2.27. The summed E-state index contributed by atoms with van der Waals surface area (Å²) in [4.78, 5) is 12.9. The molecule has 1 heterocycles. The average molecular weight is 279 g/mol. The summed E-state index contributed by atoms with van der Waals surface area (Å²) in [5.41, 5.74) is 6.70. The summed E-state index contributed by atoms with van der Waals surface area (Å²) in [6, 6.07) is 5.37. The second kappa shape index (κ2) is 6.19. The fourth-order valence-corrected chi connectivity index (χ4v) is 2.80. The Kier molecular flexibility index (Phi) is 4.57. The zero-order valence-corrected chi connectivity index (χ0v) is 11.9. The Labute approximate surface area is 118 Å². The number of nitro groups is 1. The summed E-state index contributed by atoms with van der Waals surface area (Å²) in [7, 11) is 1.52. The second-order valence-corrected chi connectivity index (χ2v) is 5.41. The zero-order chi connectivity index (χ0) is 14.7. The highest BCUT2D eigenvalue weighted by atomic mass is 16.6. The van der Waals surface area contributed by atoms with E-state index in [4.69, 9.17) is 10.5 Å². The molecule has 0 saturated carbocycles. The van der Waals surface area contributed by atoms with E-state index >= 15 is 0 Å². The predicted octanol–water partition coefficient (Wildman–Crippen LogP) is 1.77. The van der Waals surface area contributed by atoms with Crippen LogP contribution in [0.3, 0.4) is 0 Å². The van der Waals surface area contributed by atoms with Gasteiger partial charge in [0, 0.05) is 25.2 Å². The lowest BCUT2D eigenvalue weighted by Gasteiger charge is -2.21. The van der Waals surface area contributed by atoms with Crippen LogP contribution in [0.5, 0.6) is 5.75 Å². The van der Waals surface area contributed by atoms with Gasteiger partial charge in [0.25, 0.3) is 5.69 Å². The molecular weight excluding hydrogens is 258 g/mol. The van der Waals surface area contributed by atoms with Crippen LogP contribution in [-0.2, 0) is 6.54 Å². The summed E-state index contributed by atoms with van der Waals surface area (Å²) in [6.45, 7) is 4.50. The lowest BCUT2D eigenvalue weighted by molar-refractivity contribution is -0.385. The summed E-state index contributed by atoms with van der Waals surface area (Å²) < 4.78 is 5.14. The van der Waals surface area contributed by atoms with Gasteiger partial charge >= 0.3 is 0 Å². The molecule has 2 rings (SSSR count). The number of hydrogen-bond donors (Lipinski definition) is 1. The van der Waals surface area contributed by atoms with Crippen LogP contribution in [0.4, 0.5) is 5.69 Å². The van der Waals surface area contributed by atoms with Crippen LogP contribution in [0.25, 0.3) is 0 Å². The monoisotopic (exact) mass is 279 g/mol. The Bertz CT molecular complexity index is 493. The van der Waals surface area contributed by atoms with Crippen molar-refractivity contribution in [2.24, 2.45) is 11.7 Å². The molecule has 1 aromatic rings. The highest BCUT2D eigenvalue weighted by Gasteiger charge is 2.28. The number of likely N-dealkylation sites (tertiary alicyclic amines) is 1. The molecule has 1 saturated heterocycles. The molecule has 0 aliphatic carbocycles. The van der Waals surface area contributed by atoms with Crippen LogP contribution in [-0.4, -0.2) is 36.1 Å². The fourth-order valence-electron chi connectivity index (χ4n) is 2.80. The number of nitrogens with two attached hydrogens (primary N) is 1. The molecule has 1 fully saturated rings. The molecule has 1 aliphatic heterocycles. The molecule has 6 nitrogen and oxygen atoms in total. The Morgan fingerprint density at radius 1 is 1.50 bits per heavy atom. The van der Waals surface area contributed by atoms with E-state index in [9.17, 15) is 10.1 Å². The van der Waals surface area contributed by atoms with E-state index in [1.807, 2.05) is 6.07 Å². The van der Waals surface area contributed by atoms with Crippen molar-refractivity contribution in [1.82, 2.24) is 4.90 Å². The molecule has 0 aromatic heterocycles. The Hall–Kier alpha value is -1.66. The third-order valence-corrected chi connectivity index (χ3v) is 3.91. The van der Waals surface area contributed by atoms with Crippen molar-refractivity contribution in [3.63, 3.8) is 0 Å². The van der Waals surface area contributed by atoms with Crippen LogP contribution >= 0.6 is 0 Å². The fraction of sp³-hybridized carbons (Fsp3) is 0.571. The van der Waals surface area contributed by atoms with Crippen LogP contribution in [0.15, 0.2) is 18.2 Å². The van der Waals surface area contributed by atoms with Gasteiger partial charge in [-0.15, -0.1) is 0 Å². The number of hydrogen-bond acceptors (Lipinski definition) is 5. The van der Waals surface area contributed by atoms with Crippen molar-refractivity contribution in [2.75, 3.05) is 20.2 Å². The van der Waals surface area contributed by atoms with Crippen LogP contribution in [0.2, 0.25) is 0 Å². The summed E-state index contributed by atoms with van der Waals surface area (Å²) in [6.07, 6.45) is 1.09. The Morgan fingerprint density at radius 2 is 2.25 bits per heavy atom. The molecule has 0 amide bonds. The van der Waals surface area contributed by atoms with Crippen LogP contribution < -0.4 is 10.5 Å². The molecule has 0 spiro atoms. The molecule has 2 unspecified atom stereocenters. The number of methoxy groups -OCH3 is 1. The van der Waals surface area contributed by atoms with E-state index in [0.717, 1.165) is 18.5 Å². The first kappa shape index (κ1) is 14.7. The van der Waals surface area contributed by atoms with Gasteiger partial charge in [-0.1, -0.05) is 0 Å². The Morgan fingerprint density at radius 3 is 2.80 bits per heavy atom. The molecule has 110 valence electrons. The van der Waals surface area contributed by atoms with E-state index in [1.165, 1.54) is 13.2 Å². The number of benzene rings is 1. The number of rotatable bonds is 5. The molecule has 2 N–H and O–H groups in total. The number of nitro benzene ring substituents is 1. The third-order valence-electron chi connectivity index (χ3n) is 3.91. The molecule has 20 heavy (non-hydrogen) atoms. The minimum atomic E-state index is -0.387. The molecule has 1 aromatic carbocycles. The van der Waals surface area contributed by atoms with Gasteiger partial charge < -0.3 is 10.5 Å². The first-order valence-electron chi connectivity index (χ1n) is 6.80. The van der Waals surface area contributed by atoms with Crippen molar-refractivity contribution in [2.45, 2.75) is 25.9 Å². The summed E-state index contributed by atoms with van der Waals surface area (Å²) in [5.74, 6) is 1.04. The van der Waals surface area contributed by atoms with Crippen LogP contribution in [0.1, 0.15) is 18.9 Å². The van der Waals surface area contributed by atoms with Gasteiger partial charge in [0.15, 0.2) is 0 Å². The van der Waals surface area contributed by atoms with Crippen molar-refractivity contribution in [3.05, 3.63) is 33.9 Å². The maximum atomic E-state index is 10.9. The van der Waals surface area contributed by atoms with Crippen molar-refractivity contribution >= 4 is 5.69 Å². The first-order chi connectivity index (χ1) is 9.53. The normalized spacial score (nSPS) is 22.9. The molecular formula is C14H21N3O3.